The molecule has 1 N–H and O–H groups in total. The Labute approximate surface area is 78.3 Å². The van der Waals surface area contributed by atoms with Gasteiger partial charge in [-0.1, -0.05) is 6.92 Å². The summed E-state index contributed by atoms with van der Waals surface area (Å²) in [5, 5.41) is 2.35. The summed E-state index contributed by atoms with van der Waals surface area (Å²) in [7, 11) is 0. The van der Waals surface area contributed by atoms with Crippen molar-refractivity contribution in [1.29, 1.82) is 0 Å². The molecule has 0 bridgehead atoms. The van der Waals surface area contributed by atoms with Crippen LogP contribution in [0.4, 0.5) is 4.79 Å². The van der Waals surface area contributed by atoms with E-state index < -0.39 is 0 Å². The van der Waals surface area contributed by atoms with Gasteiger partial charge in [0.05, 0.1) is 0 Å². The van der Waals surface area contributed by atoms with Crippen molar-refractivity contribution in [1.82, 2.24) is 10.2 Å². The van der Waals surface area contributed by atoms with Crippen LogP contribution in [0.5, 0.6) is 0 Å². The number of nitrogens with zero attached hydrogens (tertiary/aromatic N) is 1. The highest BCUT2D eigenvalue weighted by molar-refractivity contribution is 5.94. The molecular weight excluding hydrogens is 168 g/mol. The number of likely N-dealkylation sites (tertiary alicyclic amines) is 1. The Morgan fingerprint density at radius 1 is 1.54 bits per heavy atom. The molecule has 13 heavy (non-hydrogen) atoms. The van der Waals surface area contributed by atoms with Crippen molar-refractivity contribution >= 4 is 11.9 Å². The molecule has 1 aliphatic heterocycles. The average molecular weight is 184 g/mol. The SMILES string of the molecule is CCC(=O)NC(=O)N1CCC[C@H]1C. The lowest BCUT2D eigenvalue weighted by molar-refractivity contribution is -0.119. The molecule has 1 atom stereocenters. The molecule has 1 aliphatic rings. The first-order chi connectivity index (χ1) is 6.15. The van der Waals surface area contributed by atoms with Crippen molar-refractivity contribution in [2.75, 3.05) is 6.54 Å². The summed E-state index contributed by atoms with van der Waals surface area (Å²) < 4.78 is 0. The number of carbonyl (C=O) groups is 2. The van der Waals surface area contributed by atoms with E-state index in [4.69, 9.17) is 0 Å². The van der Waals surface area contributed by atoms with Crippen LogP contribution in [0.2, 0.25) is 0 Å². The number of hydrogen-bond acceptors (Lipinski definition) is 2. The average Bonchev–Trinajstić information content (AvgIpc) is 2.51. The molecule has 4 nitrogen and oxygen atoms in total. The van der Waals surface area contributed by atoms with Crippen molar-refractivity contribution < 1.29 is 9.59 Å². The highest BCUT2D eigenvalue weighted by Gasteiger charge is 2.25. The van der Waals surface area contributed by atoms with Gasteiger partial charge in [-0.15, -0.1) is 0 Å². The molecule has 1 fully saturated rings. The minimum Gasteiger partial charge on any atom is -0.322 e. The second kappa shape index (κ2) is 4.25. The Bertz CT molecular complexity index is 216. The van der Waals surface area contributed by atoms with E-state index in [9.17, 15) is 9.59 Å². The van der Waals surface area contributed by atoms with Gasteiger partial charge in [-0.2, -0.15) is 0 Å². The number of urea groups is 1. The smallest absolute Gasteiger partial charge is 0.322 e. The summed E-state index contributed by atoms with van der Waals surface area (Å²) in [6.07, 6.45) is 2.43. The van der Waals surface area contributed by atoms with Gasteiger partial charge in [-0.3, -0.25) is 10.1 Å². The third-order valence-electron chi connectivity index (χ3n) is 2.38. The largest absolute Gasteiger partial charge is 0.324 e. The summed E-state index contributed by atoms with van der Waals surface area (Å²) in [6.45, 7) is 4.50. The van der Waals surface area contributed by atoms with Gasteiger partial charge in [0, 0.05) is 19.0 Å². The first-order valence-electron chi connectivity index (χ1n) is 4.75. The molecule has 1 rings (SSSR count). The number of carbonyl (C=O) groups excluding carboxylic acids is 2. The molecule has 0 aromatic heterocycles. The van der Waals surface area contributed by atoms with Gasteiger partial charge in [0.1, 0.15) is 0 Å². The summed E-state index contributed by atoms with van der Waals surface area (Å²) in [5.74, 6) is -0.205. The minimum absolute atomic E-state index is 0.205. The van der Waals surface area contributed by atoms with Crippen LogP contribution in [0.15, 0.2) is 0 Å². The second-order valence-electron chi connectivity index (χ2n) is 3.39. The van der Waals surface area contributed by atoms with Gasteiger partial charge in [-0.25, -0.2) is 4.79 Å². The predicted molar refractivity (Wildman–Crippen MR) is 49.2 cm³/mol. The summed E-state index contributed by atoms with van der Waals surface area (Å²) in [4.78, 5) is 24.1. The zero-order chi connectivity index (χ0) is 9.84. The standard InChI is InChI=1S/C9H16N2O2/c1-3-8(12)10-9(13)11-6-4-5-7(11)2/h7H,3-6H2,1-2H3,(H,10,12,13)/t7-/m1/s1. The van der Waals surface area contributed by atoms with Crippen LogP contribution in [0.3, 0.4) is 0 Å². The third-order valence-corrected chi connectivity index (χ3v) is 2.38. The van der Waals surface area contributed by atoms with Crippen LogP contribution in [0, 0.1) is 0 Å². The molecule has 0 radical (unpaired) electrons. The van der Waals surface area contributed by atoms with E-state index in [2.05, 4.69) is 5.32 Å². The van der Waals surface area contributed by atoms with Crippen molar-refractivity contribution in [2.45, 2.75) is 39.2 Å². The Kier molecular flexibility index (Phi) is 3.28. The fourth-order valence-corrected chi connectivity index (χ4v) is 1.51. The summed E-state index contributed by atoms with van der Waals surface area (Å²) >= 11 is 0. The molecular formula is C9H16N2O2. The van der Waals surface area contributed by atoms with Gasteiger partial charge in [0.25, 0.3) is 0 Å². The van der Waals surface area contributed by atoms with Crippen LogP contribution in [-0.2, 0) is 4.79 Å². The first kappa shape index (κ1) is 10.0. The van der Waals surface area contributed by atoms with Crippen LogP contribution >= 0.6 is 0 Å². The second-order valence-corrected chi connectivity index (χ2v) is 3.39. The Morgan fingerprint density at radius 3 is 2.69 bits per heavy atom. The first-order valence-corrected chi connectivity index (χ1v) is 4.75. The lowest BCUT2D eigenvalue weighted by Crippen LogP contribution is -2.44. The number of amides is 3. The topological polar surface area (TPSA) is 49.4 Å². The monoisotopic (exact) mass is 184 g/mol. The van der Waals surface area contributed by atoms with Gasteiger partial charge < -0.3 is 4.90 Å². The zero-order valence-electron chi connectivity index (χ0n) is 8.17. The van der Waals surface area contributed by atoms with Gasteiger partial charge in [0.15, 0.2) is 0 Å². The van der Waals surface area contributed by atoms with Gasteiger partial charge in [0.2, 0.25) is 5.91 Å². The van der Waals surface area contributed by atoms with E-state index in [1.807, 2.05) is 6.92 Å². The Balaban J connectivity index is 2.43. The molecule has 74 valence electrons. The van der Waals surface area contributed by atoms with E-state index >= 15 is 0 Å². The van der Waals surface area contributed by atoms with E-state index in [0.717, 1.165) is 19.4 Å². The zero-order valence-corrected chi connectivity index (χ0v) is 8.17. The van der Waals surface area contributed by atoms with Crippen molar-refractivity contribution in [3.8, 4) is 0 Å². The summed E-state index contributed by atoms with van der Waals surface area (Å²) in [5.41, 5.74) is 0. The van der Waals surface area contributed by atoms with E-state index in [0.29, 0.717) is 6.42 Å². The molecule has 4 heteroatoms. The number of rotatable bonds is 1. The molecule has 3 amide bonds. The molecule has 1 saturated heterocycles. The molecule has 0 unspecified atom stereocenters. The lowest BCUT2D eigenvalue weighted by atomic mass is 10.2. The molecule has 0 saturated carbocycles. The normalized spacial score (nSPS) is 21.7. The molecule has 0 aromatic carbocycles. The van der Waals surface area contributed by atoms with Crippen LogP contribution in [0.25, 0.3) is 0 Å². The highest BCUT2D eigenvalue weighted by Crippen LogP contribution is 2.15. The maximum atomic E-state index is 11.4. The highest BCUT2D eigenvalue weighted by atomic mass is 16.2. The van der Waals surface area contributed by atoms with Gasteiger partial charge >= 0.3 is 6.03 Å². The fraction of sp³-hybridized carbons (Fsp3) is 0.778. The lowest BCUT2D eigenvalue weighted by Gasteiger charge is -2.20. The van der Waals surface area contributed by atoms with Crippen LogP contribution in [0.1, 0.15) is 33.1 Å². The van der Waals surface area contributed by atoms with E-state index in [1.54, 1.807) is 11.8 Å². The van der Waals surface area contributed by atoms with Crippen molar-refractivity contribution in [3.63, 3.8) is 0 Å². The third kappa shape index (κ3) is 2.44. The molecule has 0 spiro atoms. The van der Waals surface area contributed by atoms with Crippen LogP contribution in [-0.4, -0.2) is 29.4 Å². The molecule has 0 aliphatic carbocycles. The maximum absolute atomic E-state index is 11.4. The minimum atomic E-state index is -0.239. The number of hydrogen-bond donors (Lipinski definition) is 1. The summed E-state index contributed by atoms with van der Waals surface area (Å²) in [6, 6.07) is 0.0292. The number of imide groups is 1. The van der Waals surface area contributed by atoms with E-state index in [1.165, 1.54) is 0 Å². The number of nitrogens with one attached hydrogen (secondary N) is 1. The molecule has 0 aromatic rings. The molecule has 1 heterocycles. The quantitative estimate of drug-likeness (QED) is 0.663. The maximum Gasteiger partial charge on any atom is 0.324 e. The van der Waals surface area contributed by atoms with Crippen molar-refractivity contribution in [3.05, 3.63) is 0 Å². The predicted octanol–water partition coefficient (Wildman–Crippen LogP) is 1.12. The Morgan fingerprint density at radius 2 is 2.23 bits per heavy atom. The fourth-order valence-electron chi connectivity index (χ4n) is 1.51. The van der Waals surface area contributed by atoms with Crippen molar-refractivity contribution in [2.24, 2.45) is 0 Å². The van der Waals surface area contributed by atoms with E-state index in [-0.39, 0.29) is 18.0 Å². The Hall–Kier alpha value is -1.06. The van der Waals surface area contributed by atoms with Crippen LogP contribution < -0.4 is 5.32 Å². The van der Waals surface area contributed by atoms with Gasteiger partial charge in [-0.05, 0) is 19.8 Å².